The van der Waals surface area contributed by atoms with E-state index in [0.717, 1.165) is 4.90 Å². The van der Waals surface area contributed by atoms with Gasteiger partial charge in [-0.15, -0.1) is 0 Å². The Labute approximate surface area is 170 Å². The molecule has 2 aromatic rings. The molecule has 0 unspecified atom stereocenters. The van der Waals surface area contributed by atoms with Gasteiger partial charge in [0.1, 0.15) is 12.2 Å². The molecule has 0 aliphatic carbocycles. The summed E-state index contributed by atoms with van der Waals surface area (Å²) in [4.78, 5) is 60.3. The highest BCUT2D eigenvalue weighted by Crippen LogP contribution is 2.23. The van der Waals surface area contributed by atoms with Crippen LogP contribution < -0.4 is 5.32 Å². The molecule has 3 rings (SSSR count). The van der Waals surface area contributed by atoms with E-state index >= 15 is 0 Å². The standard InChI is InChI=1S/C20H17N3O7/c1-12(19(26)21-15-8-4-5-9-16(15)23(28)29)30-18(25)11-22-17(24)10-13-6-2-3-7-14(13)20(22)27/h2-9,12H,10-11H2,1H3,(H,21,26)/t12-/m1/s1. The van der Waals surface area contributed by atoms with Crippen molar-refractivity contribution in [3.63, 3.8) is 0 Å². The first-order chi connectivity index (χ1) is 14.3. The Morgan fingerprint density at radius 1 is 1.17 bits per heavy atom. The van der Waals surface area contributed by atoms with Crippen LogP contribution >= 0.6 is 0 Å². The van der Waals surface area contributed by atoms with E-state index in [1.807, 2.05) is 0 Å². The number of imide groups is 1. The fourth-order valence-electron chi connectivity index (χ4n) is 2.95. The van der Waals surface area contributed by atoms with E-state index in [4.69, 9.17) is 4.74 Å². The lowest BCUT2D eigenvalue weighted by atomic mass is 9.98. The van der Waals surface area contributed by atoms with Crippen LogP contribution in [0.4, 0.5) is 11.4 Å². The second kappa shape index (κ2) is 8.52. The number of carbonyl (C=O) groups is 4. The van der Waals surface area contributed by atoms with Gasteiger partial charge in [0.2, 0.25) is 5.91 Å². The van der Waals surface area contributed by atoms with Crippen LogP contribution in [-0.2, 0) is 25.5 Å². The molecular weight excluding hydrogens is 394 g/mol. The minimum atomic E-state index is -1.31. The van der Waals surface area contributed by atoms with Gasteiger partial charge in [-0.05, 0) is 24.6 Å². The lowest BCUT2D eigenvalue weighted by Crippen LogP contribution is -2.46. The van der Waals surface area contributed by atoms with Crippen molar-refractivity contribution in [2.24, 2.45) is 0 Å². The number of nitro benzene ring substituents is 1. The Bertz CT molecular complexity index is 1050. The van der Waals surface area contributed by atoms with Crippen LogP contribution in [0.5, 0.6) is 0 Å². The fraction of sp³-hybridized carbons (Fsp3) is 0.200. The first-order valence-electron chi connectivity index (χ1n) is 8.94. The molecule has 30 heavy (non-hydrogen) atoms. The number of hydrogen-bond acceptors (Lipinski definition) is 7. The molecule has 154 valence electrons. The van der Waals surface area contributed by atoms with Crippen LogP contribution in [0.15, 0.2) is 48.5 Å². The molecule has 1 atom stereocenters. The summed E-state index contributed by atoms with van der Waals surface area (Å²) in [7, 11) is 0. The summed E-state index contributed by atoms with van der Waals surface area (Å²) in [5.74, 6) is -2.91. The zero-order valence-electron chi connectivity index (χ0n) is 15.9. The predicted octanol–water partition coefficient (Wildman–Crippen LogP) is 1.69. The lowest BCUT2D eigenvalue weighted by Gasteiger charge is -2.26. The second-order valence-corrected chi connectivity index (χ2v) is 6.51. The van der Waals surface area contributed by atoms with Crippen molar-refractivity contribution >= 4 is 35.1 Å². The zero-order chi connectivity index (χ0) is 21.8. The third-order valence-corrected chi connectivity index (χ3v) is 4.46. The highest BCUT2D eigenvalue weighted by Gasteiger charge is 2.33. The monoisotopic (exact) mass is 411 g/mol. The van der Waals surface area contributed by atoms with Gasteiger partial charge in [0.25, 0.3) is 17.5 Å². The molecule has 0 saturated carbocycles. The molecule has 10 nitrogen and oxygen atoms in total. The van der Waals surface area contributed by atoms with Gasteiger partial charge >= 0.3 is 5.97 Å². The molecule has 0 fully saturated rings. The van der Waals surface area contributed by atoms with Crippen LogP contribution in [-0.4, -0.2) is 46.2 Å². The van der Waals surface area contributed by atoms with Gasteiger partial charge in [0.15, 0.2) is 6.10 Å². The Balaban J connectivity index is 1.62. The summed E-state index contributed by atoms with van der Waals surface area (Å²) in [6.45, 7) is 0.631. The van der Waals surface area contributed by atoms with E-state index in [2.05, 4.69) is 5.32 Å². The first kappa shape index (κ1) is 20.6. The van der Waals surface area contributed by atoms with Crippen LogP contribution in [0, 0.1) is 10.1 Å². The number of rotatable bonds is 6. The number of hydrogen-bond donors (Lipinski definition) is 1. The molecule has 3 amide bonds. The summed E-state index contributed by atoms with van der Waals surface area (Å²) < 4.78 is 5.01. The molecule has 10 heteroatoms. The summed E-state index contributed by atoms with van der Waals surface area (Å²) in [6.07, 6.45) is -1.33. The summed E-state index contributed by atoms with van der Waals surface area (Å²) in [5.41, 5.74) is 0.544. The molecule has 1 aliphatic rings. The van der Waals surface area contributed by atoms with E-state index in [9.17, 15) is 29.3 Å². The van der Waals surface area contributed by atoms with Gasteiger partial charge in [-0.2, -0.15) is 0 Å². The summed E-state index contributed by atoms with van der Waals surface area (Å²) >= 11 is 0. The number of nitrogens with zero attached hydrogens (tertiary/aromatic N) is 2. The number of ether oxygens (including phenoxy) is 1. The number of esters is 1. The topological polar surface area (TPSA) is 136 Å². The van der Waals surface area contributed by atoms with E-state index in [0.29, 0.717) is 11.1 Å². The van der Waals surface area contributed by atoms with E-state index in [1.165, 1.54) is 31.2 Å². The smallest absolute Gasteiger partial charge is 0.326 e. The maximum absolute atomic E-state index is 12.5. The van der Waals surface area contributed by atoms with Crippen molar-refractivity contribution < 1.29 is 28.8 Å². The normalized spacial score (nSPS) is 14.0. The van der Waals surface area contributed by atoms with E-state index in [1.54, 1.807) is 24.3 Å². The van der Waals surface area contributed by atoms with Gasteiger partial charge in [-0.1, -0.05) is 30.3 Å². The predicted molar refractivity (Wildman–Crippen MR) is 103 cm³/mol. The molecule has 1 N–H and O–H groups in total. The van der Waals surface area contributed by atoms with Crippen molar-refractivity contribution in [2.45, 2.75) is 19.4 Å². The van der Waals surface area contributed by atoms with Crippen LogP contribution in [0.3, 0.4) is 0 Å². The second-order valence-electron chi connectivity index (χ2n) is 6.51. The van der Waals surface area contributed by atoms with Gasteiger partial charge in [0, 0.05) is 11.6 Å². The molecule has 1 heterocycles. The summed E-state index contributed by atoms with van der Waals surface area (Å²) in [5, 5.41) is 13.3. The largest absolute Gasteiger partial charge is 0.451 e. The van der Waals surface area contributed by atoms with Crippen molar-refractivity contribution in [2.75, 3.05) is 11.9 Å². The molecule has 2 aromatic carbocycles. The van der Waals surface area contributed by atoms with Gasteiger partial charge in [-0.25, -0.2) is 0 Å². The molecule has 1 aliphatic heterocycles. The summed E-state index contributed by atoms with van der Waals surface area (Å²) in [6, 6.07) is 12.1. The number of anilines is 1. The number of para-hydroxylation sites is 2. The number of amides is 3. The number of nitro groups is 1. The number of carbonyl (C=O) groups excluding carboxylic acids is 4. The molecule has 0 spiro atoms. The van der Waals surface area contributed by atoms with E-state index in [-0.39, 0.29) is 17.8 Å². The number of fused-ring (bicyclic) bond motifs is 1. The fourth-order valence-corrected chi connectivity index (χ4v) is 2.95. The first-order valence-corrected chi connectivity index (χ1v) is 8.94. The maximum atomic E-state index is 12.5. The highest BCUT2D eigenvalue weighted by atomic mass is 16.6. The molecule has 0 bridgehead atoms. The quantitative estimate of drug-likeness (QED) is 0.331. The SMILES string of the molecule is C[C@@H](OC(=O)CN1C(=O)Cc2ccccc2C1=O)C(=O)Nc1ccccc1[N+](=O)[O-]. The average molecular weight is 411 g/mol. The third-order valence-electron chi connectivity index (χ3n) is 4.46. The van der Waals surface area contributed by atoms with Gasteiger partial charge in [0.05, 0.1) is 11.3 Å². The van der Waals surface area contributed by atoms with Crippen LogP contribution in [0.1, 0.15) is 22.8 Å². The Kier molecular flexibility index (Phi) is 5.86. The number of benzene rings is 2. The molecular formula is C20H17N3O7. The van der Waals surface area contributed by atoms with Crippen LogP contribution in [0.2, 0.25) is 0 Å². The maximum Gasteiger partial charge on any atom is 0.326 e. The molecule has 0 aromatic heterocycles. The zero-order valence-corrected chi connectivity index (χ0v) is 15.9. The molecule has 0 radical (unpaired) electrons. The minimum Gasteiger partial charge on any atom is -0.451 e. The minimum absolute atomic E-state index is 0.0249. The van der Waals surface area contributed by atoms with Gasteiger partial charge in [-0.3, -0.25) is 34.2 Å². The van der Waals surface area contributed by atoms with E-state index < -0.39 is 41.3 Å². The Hall–Kier alpha value is -4.08. The lowest BCUT2D eigenvalue weighted by molar-refractivity contribution is -0.383. The highest BCUT2D eigenvalue weighted by molar-refractivity contribution is 6.11. The molecule has 0 saturated heterocycles. The van der Waals surface area contributed by atoms with Crippen molar-refractivity contribution in [3.8, 4) is 0 Å². The third kappa shape index (κ3) is 4.32. The van der Waals surface area contributed by atoms with Crippen molar-refractivity contribution in [1.82, 2.24) is 4.90 Å². The Morgan fingerprint density at radius 3 is 2.57 bits per heavy atom. The van der Waals surface area contributed by atoms with Crippen LogP contribution in [0.25, 0.3) is 0 Å². The number of nitrogens with one attached hydrogen (secondary N) is 1. The Morgan fingerprint density at radius 2 is 1.83 bits per heavy atom. The van der Waals surface area contributed by atoms with Crippen molar-refractivity contribution in [1.29, 1.82) is 0 Å². The van der Waals surface area contributed by atoms with Crippen molar-refractivity contribution in [3.05, 3.63) is 69.8 Å². The average Bonchev–Trinajstić information content (AvgIpc) is 2.71. The van der Waals surface area contributed by atoms with Gasteiger partial charge < -0.3 is 10.1 Å².